The van der Waals surface area contributed by atoms with Crippen LogP contribution in [0.4, 0.5) is 4.79 Å². The highest BCUT2D eigenvalue weighted by Gasteiger charge is 2.35. The summed E-state index contributed by atoms with van der Waals surface area (Å²) in [6.07, 6.45) is 4.04. The van der Waals surface area contributed by atoms with Crippen LogP contribution in [-0.4, -0.2) is 40.2 Å². The molecule has 0 aliphatic carbocycles. The summed E-state index contributed by atoms with van der Waals surface area (Å²) in [5.41, 5.74) is 2.27. The molecule has 1 fully saturated rings. The van der Waals surface area contributed by atoms with E-state index in [1.165, 1.54) is 0 Å². The van der Waals surface area contributed by atoms with E-state index in [1.54, 1.807) is 36.0 Å². The van der Waals surface area contributed by atoms with Gasteiger partial charge in [0.25, 0.3) is 5.56 Å². The number of urea groups is 1. The number of fused-ring (bicyclic) bond motifs is 1. The lowest BCUT2D eigenvalue weighted by atomic mass is 10.0. The number of hydrogen-bond acceptors (Lipinski definition) is 4. The number of likely N-dealkylation sites (N-methyl/N-ethyl adjacent to an activating group) is 1. The van der Waals surface area contributed by atoms with E-state index in [-0.39, 0.29) is 30.3 Å². The fourth-order valence-corrected chi connectivity index (χ4v) is 3.90. The second-order valence-corrected chi connectivity index (χ2v) is 7.30. The molecule has 150 valence electrons. The van der Waals surface area contributed by atoms with Crippen LogP contribution in [0.5, 0.6) is 0 Å². The molecule has 7 nitrogen and oxygen atoms in total. The zero-order valence-electron chi connectivity index (χ0n) is 16.5. The highest BCUT2D eigenvalue weighted by atomic mass is 16.5. The molecule has 2 aromatic heterocycles. The van der Waals surface area contributed by atoms with Crippen LogP contribution in [0, 0.1) is 0 Å². The fourth-order valence-electron chi connectivity index (χ4n) is 3.90. The molecule has 3 aromatic rings. The van der Waals surface area contributed by atoms with Crippen molar-refractivity contribution in [3.8, 4) is 0 Å². The average molecular weight is 392 g/mol. The zero-order chi connectivity index (χ0) is 20.4. The number of hydrogen-bond donors (Lipinski definition) is 1. The van der Waals surface area contributed by atoms with Crippen LogP contribution in [0.2, 0.25) is 0 Å². The minimum atomic E-state index is -0.232. The number of para-hydroxylation sites is 1. The van der Waals surface area contributed by atoms with Crippen LogP contribution in [0.3, 0.4) is 0 Å². The van der Waals surface area contributed by atoms with E-state index in [9.17, 15) is 9.59 Å². The summed E-state index contributed by atoms with van der Waals surface area (Å²) in [7, 11) is 3.51. The van der Waals surface area contributed by atoms with Gasteiger partial charge in [-0.15, -0.1) is 0 Å². The maximum absolute atomic E-state index is 12.8. The van der Waals surface area contributed by atoms with Crippen molar-refractivity contribution in [2.75, 3.05) is 13.7 Å². The van der Waals surface area contributed by atoms with Crippen molar-refractivity contribution in [1.82, 2.24) is 19.8 Å². The van der Waals surface area contributed by atoms with Gasteiger partial charge in [0.05, 0.1) is 11.6 Å². The molecule has 1 aliphatic heterocycles. The Balaban J connectivity index is 1.48. The summed E-state index contributed by atoms with van der Waals surface area (Å²) in [6, 6.07) is 13.1. The van der Waals surface area contributed by atoms with Gasteiger partial charge < -0.3 is 19.5 Å². The second-order valence-electron chi connectivity index (χ2n) is 7.30. The summed E-state index contributed by atoms with van der Waals surface area (Å²) in [6.45, 7) is 0.763. The average Bonchev–Trinajstić information content (AvgIpc) is 3.25. The summed E-state index contributed by atoms with van der Waals surface area (Å²) in [5.74, 6) is 0. The van der Waals surface area contributed by atoms with Crippen molar-refractivity contribution in [1.29, 1.82) is 0 Å². The predicted octanol–water partition coefficient (Wildman–Crippen LogP) is 2.61. The molecule has 0 spiro atoms. The van der Waals surface area contributed by atoms with Crippen LogP contribution in [0.1, 0.15) is 23.7 Å². The van der Waals surface area contributed by atoms with Crippen LogP contribution in [0.15, 0.2) is 59.7 Å². The fraction of sp³-hybridized carbons (Fsp3) is 0.318. The molecular formula is C22H24N4O3. The molecular weight excluding hydrogens is 368 g/mol. The number of ether oxygens (including phenoxy) is 1. The Morgan fingerprint density at radius 1 is 1.31 bits per heavy atom. The summed E-state index contributed by atoms with van der Waals surface area (Å²) < 4.78 is 7.47. The van der Waals surface area contributed by atoms with Gasteiger partial charge in [0.2, 0.25) is 0 Å². The van der Waals surface area contributed by atoms with Crippen molar-refractivity contribution >= 4 is 16.9 Å². The number of nitrogens with zero attached hydrogens (tertiary/aromatic N) is 3. The molecule has 1 N–H and O–H groups in total. The molecule has 1 aromatic carbocycles. The van der Waals surface area contributed by atoms with Gasteiger partial charge in [-0.05, 0) is 30.0 Å². The largest absolute Gasteiger partial charge is 0.371 e. The van der Waals surface area contributed by atoms with Gasteiger partial charge in [0.1, 0.15) is 6.10 Å². The number of carbonyl (C=O) groups is 1. The minimum Gasteiger partial charge on any atom is -0.371 e. The van der Waals surface area contributed by atoms with Crippen LogP contribution in [-0.2, 0) is 18.3 Å². The number of aryl methyl sites for hydroxylation is 1. The van der Waals surface area contributed by atoms with Crippen molar-refractivity contribution in [2.24, 2.45) is 7.05 Å². The quantitative estimate of drug-likeness (QED) is 0.741. The third kappa shape index (κ3) is 3.73. The molecule has 0 saturated carbocycles. The lowest BCUT2D eigenvalue weighted by Gasteiger charge is -2.28. The van der Waals surface area contributed by atoms with E-state index in [0.717, 1.165) is 22.9 Å². The maximum atomic E-state index is 12.8. The molecule has 0 bridgehead atoms. The third-order valence-corrected chi connectivity index (χ3v) is 5.53. The molecule has 29 heavy (non-hydrogen) atoms. The smallest absolute Gasteiger partial charge is 0.317 e. The Labute approximate surface area is 168 Å². The molecule has 7 heteroatoms. The van der Waals surface area contributed by atoms with Gasteiger partial charge in [-0.2, -0.15) is 0 Å². The number of amides is 2. The zero-order valence-corrected chi connectivity index (χ0v) is 16.5. The van der Waals surface area contributed by atoms with Crippen molar-refractivity contribution in [3.63, 3.8) is 0 Å². The highest BCUT2D eigenvalue weighted by Crippen LogP contribution is 2.31. The number of benzene rings is 1. The van der Waals surface area contributed by atoms with Gasteiger partial charge in [-0.1, -0.05) is 24.3 Å². The van der Waals surface area contributed by atoms with E-state index in [2.05, 4.69) is 10.3 Å². The van der Waals surface area contributed by atoms with Gasteiger partial charge in [0, 0.05) is 50.8 Å². The lowest BCUT2D eigenvalue weighted by Crippen LogP contribution is -2.45. The Kier molecular flexibility index (Phi) is 5.31. The second kappa shape index (κ2) is 8.05. The van der Waals surface area contributed by atoms with Crippen LogP contribution in [0.25, 0.3) is 10.9 Å². The van der Waals surface area contributed by atoms with Gasteiger partial charge in [-0.3, -0.25) is 9.78 Å². The normalized spacial score (nSPS) is 18.7. The molecule has 0 unspecified atom stereocenters. The Morgan fingerprint density at radius 3 is 2.93 bits per heavy atom. The van der Waals surface area contributed by atoms with E-state index < -0.39 is 0 Å². The molecule has 2 amide bonds. The van der Waals surface area contributed by atoms with Crippen LogP contribution >= 0.6 is 0 Å². The number of aromatic nitrogens is 2. The van der Waals surface area contributed by atoms with E-state index in [0.29, 0.717) is 12.2 Å². The van der Waals surface area contributed by atoms with Crippen molar-refractivity contribution in [2.45, 2.75) is 25.1 Å². The summed E-state index contributed by atoms with van der Waals surface area (Å²) in [5, 5.41) is 3.85. The number of carbonyl (C=O) groups excluding carboxylic acids is 1. The van der Waals surface area contributed by atoms with Gasteiger partial charge in [-0.25, -0.2) is 4.79 Å². The first-order valence-electron chi connectivity index (χ1n) is 9.66. The molecule has 3 heterocycles. The molecule has 0 radical (unpaired) electrons. The molecule has 1 saturated heterocycles. The first-order chi connectivity index (χ1) is 14.1. The predicted molar refractivity (Wildman–Crippen MR) is 111 cm³/mol. The Bertz CT molecular complexity index is 1080. The first-order valence-corrected chi connectivity index (χ1v) is 9.66. The van der Waals surface area contributed by atoms with Crippen LogP contribution < -0.4 is 10.9 Å². The standard InChI is InChI=1S/C22H24N4O3/c1-25-18-8-4-3-6-15(18)12-17(21(25)27)14-24-22(28)26(2)19-9-11-29-20(19)16-7-5-10-23-13-16/h3-8,10,12-13,19-20H,9,11,14H2,1-2H3,(H,24,28)/t19-,20+/m0/s1. The van der Waals surface area contributed by atoms with Gasteiger partial charge in [0.15, 0.2) is 0 Å². The lowest BCUT2D eigenvalue weighted by molar-refractivity contribution is 0.0767. The molecule has 1 aliphatic rings. The Morgan fingerprint density at radius 2 is 2.14 bits per heavy atom. The number of nitrogens with one attached hydrogen (secondary N) is 1. The molecule has 2 atom stereocenters. The highest BCUT2D eigenvalue weighted by molar-refractivity contribution is 5.80. The van der Waals surface area contributed by atoms with E-state index in [1.807, 2.05) is 42.5 Å². The first kappa shape index (κ1) is 19.1. The third-order valence-electron chi connectivity index (χ3n) is 5.53. The summed E-state index contributed by atoms with van der Waals surface area (Å²) in [4.78, 5) is 31.2. The van der Waals surface area contributed by atoms with E-state index >= 15 is 0 Å². The summed E-state index contributed by atoms with van der Waals surface area (Å²) >= 11 is 0. The Hall–Kier alpha value is -3.19. The SMILES string of the molecule is CN(C(=O)NCc1cc2ccccc2n(C)c1=O)[C@H]1CCO[C@@H]1c1cccnc1. The number of rotatable bonds is 4. The van der Waals surface area contributed by atoms with Crippen molar-refractivity contribution in [3.05, 3.63) is 76.3 Å². The van der Waals surface area contributed by atoms with Crippen molar-refractivity contribution < 1.29 is 9.53 Å². The van der Waals surface area contributed by atoms with E-state index in [4.69, 9.17) is 4.74 Å². The van der Waals surface area contributed by atoms with Gasteiger partial charge >= 0.3 is 6.03 Å². The minimum absolute atomic E-state index is 0.0846. The topological polar surface area (TPSA) is 76.5 Å². The maximum Gasteiger partial charge on any atom is 0.317 e. The monoisotopic (exact) mass is 392 g/mol. The number of pyridine rings is 2. The molecule has 4 rings (SSSR count).